The molecule has 0 aromatic heterocycles. The van der Waals surface area contributed by atoms with E-state index in [1.807, 2.05) is 0 Å². The van der Waals surface area contributed by atoms with Gasteiger partial charge in [0.1, 0.15) is 0 Å². The summed E-state index contributed by atoms with van der Waals surface area (Å²) in [6, 6.07) is 6.78. The van der Waals surface area contributed by atoms with E-state index in [-0.39, 0.29) is 0 Å². The van der Waals surface area contributed by atoms with E-state index in [9.17, 15) is 0 Å². The fourth-order valence-electron chi connectivity index (χ4n) is 2.88. The molecule has 0 unspecified atom stereocenters. The minimum absolute atomic E-state index is 0.849. The number of nitrogens with two attached hydrogens (primary N) is 1. The summed E-state index contributed by atoms with van der Waals surface area (Å²) in [5.74, 6) is 0.866. The van der Waals surface area contributed by atoms with Crippen LogP contribution in [0.5, 0.6) is 0 Å². The second-order valence-electron chi connectivity index (χ2n) is 5.73. The van der Waals surface area contributed by atoms with Gasteiger partial charge in [-0.05, 0) is 69.8 Å². The van der Waals surface area contributed by atoms with Crippen LogP contribution in [0.15, 0.2) is 18.2 Å². The fraction of sp³-hybridized carbons (Fsp3) is 0.625. The van der Waals surface area contributed by atoms with E-state index in [1.54, 1.807) is 0 Å². The van der Waals surface area contributed by atoms with Crippen LogP contribution in [0.1, 0.15) is 36.0 Å². The summed E-state index contributed by atoms with van der Waals surface area (Å²) < 4.78 is 0. The van der Waals surface area contributed by atoms with Gasteiger partial charge in [0, 0.05) is 6.54 Å². The van der Waals surface area contributed by atoms with E-state index in [2.05, 4.69) is 36.9 Å². The van der Waals surface area contributed by atoms with Crippen LogP contribution >= 0.6 is 0 Å². The molecule has 0 saturated carbocycles. The summed E-state index contributed by atoms with van der Waals surface area (Å²) in [6.45, 7) is 8.83. The van der Waals surface area contributed by atoms with Gasteiger partial charge in [-0.3, -0.25) is 4.90 Å². The zero-order valence-corrected chi connectivity index (χ0v) is 11.8. The van der Waals surface area contributed by atoms with Crippen molar-refractivity contribution in [3.8, 4) is 0 Å². The predicted octanol–water partition coefficient (Wildman–Crippen LogP) is 2.86. The Morgan fingerprint density at radius 2 is 1.94 bits per heavy atom. The number of benzene rings is 1. The monoisotopic (exact) mass is 246 g/mol. The van der Waals surface area contributed by atoms with Gasteiger partial charge in [-0.15, -0.1) is 0 Å². The second-order valence-corrected chi connectivity index (χ2v) is 5.73. The summed E-state index contributed by atoms with van der Waals surface area (Å²) >= 11 is 0. The lowest BCUT2D eigenvalue weighted by molar-refractivity contribution is 0.173. The Balaban J connectivity index is 1.89. The Kier molecular flexibility index (Phi) is 4.79. The highest BCUT2D eigenvalue weighted by Gasteiger charge is 2.18. The van der Waals surface area contributed by atoms with Crippen LogP contribution in [0.25, 0.3) is 0 Å². The van der Waals surface area contributed by atoms with Gasteiger partial charge in [-0.1, -0.05) is 23.8 Å². The van der Waals surface area contributed by atoms with Crippen LogP contribution < -0.4 is 5.73 Å². The van der Waals surface area contributed by atoms with Crippen molar-refractivity contribution in [2.24, 2.45) is 11.7 Å². The van der Waals surface area contributed by atoms with E-state index in [0.29, 0.717) is 0 Å². The molecule has 0 bridgehead atoms. The zero-order valence-electron chi connectivity index (χ0n) is 11.8. The fourth-order valence-corrected chi connectivity index (χ4v) is 2.88. The molecule has 1 aliphatic rings. The van der Waals surface area contributed by atoms with Crippen molar-refractivity contribution >= 4 is 0 Å². The molecule has 18 heavy (non-hydrogen) atoms. The lowest BCUT2D eigenvalue weighted by atomic mass is 9.93. The summed E-state index contributed by atoms with van der Waals surface area (Å²) in [4.78, 5) is 2.59. The van der Waals surface area contributed by atoms with E-state index < -0.39 is 0 Å². The minimum atomic E-state index is 0.849. The van der Waals surface area contributed by atoms with Gasteiger partial charge in [0.2, 0.25) is 0 Å². The van der Waals surface area contributed by atoms with Gasteiger partial charge in [-0.25, -0.2) is 0 Å². The Morgan fingerprint density at radius 3 is 2.61 bits per heavy atom. The molecule has 1 aliphatic heterocycles. The molecule has 1 saturated heterocycles. The maximum Gasteiger partial charge on any atom is 0.0236 e. The van der Waals surface area contributed by atoms with Gasteiger partial charge in [-0.2, -0.15) is 0 Å². The van der Waals surface area contributed by atoms with Gasteiger partial charge >= 0.3 is 0 Å². The molecule has 0 spiro atoms. The van der Waals surface area contributed by atoms with Crippen molar-refractivity contribution in [1.82, 2.24) is 4.90 Å². The highest BCUT2D eigenvalue weighted by Crippen LogP contribution is 2.22. The highest BCUT2D eigenvalue weighted by atomic mass is 15.1. The summed E-state index contributed by atoms with van der Waals surface area (Å²) in [5.41, 5.74) is 9.92. The van der Waals surface area contributed by atoms with Crippen molar-refractivity contribution in [3.63, 3.8) is 0 Å². The van der Waals surface area contributed by atoms with Crippen LogP contribution in [-0.4, -0.2) is 24.5 Å². The number of hydrogen-bond acceptors (Lipinski definition) is 2. The molecule has 1 aromatic carbocycles. The maximum absolute atomic E-state index is 5.64. The first kappa shape index (κ1) is 13.6. The van der Waals surface area contributed by atoms with Crippen molar-refractivity contribution in [2.75, 3.05) is 19.6 Å². The number of nitrogens with zero attached hydrogens (tertiary/aromatic N) is 1. The molecule has 0 radical (unpaired) electrons. The van der Waals surface area contributed by atoms with Gasteiger partial charge in [0.25, 0.3) is 0 Å². The summed E-state index contributed by atoms with van der Waals surface area (Å²) in [7, 11) is 0. The van der Waals surface area contributed by atoms with Crippen molar-refractivity contribution in [2.45, 2.75) is 39.7 Å². The van der Waals surface area contributed by atoms with Crippen molar-refractivity contribution < 1.29 is 0 Å². The van der Waals surface area contributed by atoms with E-state index in [4.69, 9.17) is 5.73 Å². The second kappa shape index (κ2) is 6.35. The quantitative estimate of drug-likeness (QED) is 0.885. The van der Waals surface area contributed by atoms with Crippen molar-refractivity contribution in [1.29, 1.82) is 0 Å². The van der Waals surface area contributed by atoms with E-state index in [0.717, 1.165) is 19.0 Å². The van der Waals surface area contributed by atoms with Crippen LogP contribution in [-0.2, 0) is 6.54 Å². The summed E-state index contributed by atoms with van der Waals surface area (Å²) in [6.07, 6.45) is 3.85. The van der Waals surface area contributed by atoms with Gasteiger partial charge in [0.15, 0.2) is 0 Å². The average Bonchev–Trinajstić information content (AvgIpc) is 2.37. The molecule has 100 valence electrons. The Bertz CT molecular complexity index is 379. The number of aryl methyl sites for hydroxylation is 2. The number of hydrogen-bond donors (Lipinski definition) is 1. The largest absolute Gasteiger partial charge is 0.330 e. The average molecular weight is 246 g/mol. The molecule has 2 N–H and O–H groups in total. The van der Waals surface area contributed by atoms with Crippen LogP contribution in [0, 0.1) is 19.8 Å². The van der Waals surface area contributed by atoms with E-state index in [1.165, 1.54) is 49.0 Å². The first-order chi connectivity index (χ1) is 8.69. The molecule has 1 aromatic rings. The molecule has 1 heterocycles. The molecule has 1 fully saturated rings. The zero-order chi connectivity index (χ0) is 13.0. The highest BCUT2D eigenvalue weighted by molar-refractivity contribution is 5.30. The normalized spacial score (nSPS) is 18.2. The maximum atomic E-state index is 5.64. The molecular formula is C16H26N2. The Morgan fingerprint density at radius 1 is 1.22 bits per heavy atom. The smallest absolute Gasteiger partial charge is 0.0236 e. The molecule has 2 nitrogen and oxygen atoms in total. The molecule has 0 aliphatic carbocycles. The first-order valence-corrected chi connectivity index (χ1v) is 7.17. The summed E-state index contributed by atoms with van der Waals surface area (Å²) in [5, 5.41) is 0. The molecule has 2 rings (SSSR count). The number of rotatable bonds is 4. The minimum Gasteiger partial charge on any atom is -0.330 e. The topological polar surface area (TPSA) is 29.3 Å². The SMILES string of the molecule is Cc1ccc(C)c(CN2CCC(CCN)CC2)c1. The molecule has 0 amide bonds. The lowest BCUT2D eigenvalue weighted by Gasteiger charge is -2.32. The van der Waals surface area contributed by atoms with Gasteiger partial charge in [0.05, 0.1) is 0 Å². The third kappa shape index (κ3) is 3.56. The third-order valence-corrected chi connectivity index (χ3v) is 4.18. The standard InChI is InChI=1S/C16H26N2/c1-13-3-4-14(2)16(11-13)12-18-9-6-15(5-8-17)7-10-18/h3-4,11,15H,5-10,12,17H2,1-2H3. The van der Waals surface area contributed by atoms with Crippen LogP contribution in [0.2, 0.25) is 0 Å². The molecule has 2 heteroatoms. The molecular weight excluding hydrogens is 220 g/mol. The predicted molar refractivity (Wildman–Crippen MR) is 77.6 cm³/mol. The number of piperidine rings is 1. The first-order valence-electron chi connectivity index (χ1n) is 7.17. The van der Waals surface area contributed by atoms with Crippen LogP contribution in [0.4, 0.5) is 0 Å². The number of likely N-dealkylation sites (tertiary alicyclic amines) is 1. The Labute approximate surface area is 111 Å². The van der Waals surface area contributed by atoms with Gasteiger partial charge < -0.3 is 5.73 Å². The van der Waals surface area contributed by atoms with E-state index >= 15 is 0 Å². The Hall–Kier alpha value is -0.860. The van der Waals surface area contributed by atoms with Crippen molar-refractivity contribution in [3.05, 3.63) is 34.9 Å². The molecule has 0 atom stereocenters. The van der Waals surface area contributed by atoms with Crippen LogP contribution in [0.3, 0.4) is 0 Å². The lowest BCUT2D eigenvalue weighted by Crippen LogP contribution is -2.34. The third-order valence-electron chi connectivity index (χ3n) is 4.18.